The Morgan fingerprint density at radius 1 is 0.544 bits per heavy atom. The van der Waals surface area contributed by atoms with Crippen LogP contribution in [-0.2, 0) is 47.7 Å². The number of carbonyl (C=O) groups excluding carboxylic acids is 5. The van der Waals surface area contributed by atoms with Crippen LogP contribution < -0.4 is 0 Å². The number of quaternary nitrogens is 2. The number of allylic oxidation sites excluding steroid dienone is 1. The third-order valence-corrected chi connectivity index (χ3v) is 9.78. The van der Waals surface area contributed by atoms with E-state index >= 15 is 0 Å². The molecular formula is C44H82N2O11+2. The molecule has 0 spiro atoms. The van der Waals surface area contributed by atoms with Crippen LogP contribution in [0.25, 0.3) is 0 Å². The first-order valence-electron chi connectivity index (χ1n) is 21.8. The van der Waals surface area contributed by atoms with Gasteiger partial charge in [-0.25, -0.2) is 9.59 Å². The second kappa shape index (κ2) is 33.9. The van der Waals surface area contributed by atoms with Crippen LogP contribution in [-0.4, -0.2) is 137 Å². The monoisotopic (exact) mass is 815 g/mol. The van der Waals surface area contributed by atoms with E-state index in [0.29, 0.717) is 54.5 Å². The predicted molar refractivity (Wildman–Crippen MR) is 222 cm³/mol. The van der Waals surface area contributed by atoms with Crippen molar-refractivity contribution >= 4 is 29.8 Å². The van der Waals surface area contributed by atoms with Crippen molar-refractivity contribution in [3.63, 3.8) is 0 Å². The second-order valence-corrected chi connectivity index (χ2v) is 16.7. The standard InChI is InChI=1S/C44H82N2O11/c1-8-9-22-28-41(57-44(52)37-46(6,7)31-35-54-39(3)48)40(49)27-23-18-14-10-11-15-19-24-29-42(50)55-32-25-20-16-12-13-17-21-26-33-56-43(51)36-45(4,5)30-34-53-38(2)47/h18,23,40-41,49H,8-17,19-22,24-37H2,1-7H3/q+2. The number of aliphatic hydroxyl groups is 1. The molecule has 0 aromatic carbocycles. The molecule has 0 fully saturated rings. The molecule has 0 aromatic rings. The van der Waals surface area contributed by atoms with E-state index in [1.54, 1.807) is 0 Å². The van der Waals surface area contributed by atoms with Crippen molar-refractivity contribution < 1.29 is 61.7 Å². The Balaban J connectivity index is 3.89. The van der Waals surface area contributed by atoms with E-state index in [1.165, 1.54) is 13.8 Å². The molecule has 13 nitrogen and oxygen atoms in total. The summed E-state index contributed by atoms with van der Waals surface area (Å²) in [5.41, 5.74) is 0. The Morgan fingerprint density at radius 2 is 1.02 bits per heavy atom. The highest BCUT2D eigenvalue weighted by atomic mass is 16.6. The number of hydrogen-bond acceptors (Lipinski definition) is 11. The minimum atomic E-state index is -0.760. The van der Waals surface area contributed by atoms with Gasteiger partial charge in [-0.15, -0.1) is 0 Å². The van der Waals surface area contributed by atoms with Gasteiger partial charge in [-0.2, -0.15) is 0 Å². The first-order valence-corrected chi connectivity index (χ1v) is 21.8. The van der Waals surface area contributed by atoms with Crippen LogP contribution in [0.5, 0.6) is 0 Å². The van der Waals surface area contributed by atoms with E-state index in [1.807, 2.05) is 34.3 Å². The van der Waals surface area contributed by atoms with Gasteiger partial charge in [0.2, 0.25) is 0 Å². The summed E-state index contributed by atoms with van der Waals surface area (Å²) in [6, 6.07) is 0. The van der Waals surface area contributed by atoms with E-state index in [4.69, 9.17) is 23.7 Å². The highest BCUT2D eigenvalue weighted by Gasteiger charge is 2.27. The van der Waals surface area contributed by atoms with E-state index in [-0.39, 0.29) is 56.1 Å². The molecule has 13 heteroatoms. The number of likely N-dealkylation sites (N-methyl/N-ethyl adjacent to an activating group) is 2. The summed E-state index contributed by atoms with van der Waals surface area (Å²) in [6.45, 7) is 7.73. The number of nitrogens with zero attached hydrogens (tertiary/aromatic N) is 2. The molecule has 2 atom stereocenters. The van der Waals surface area contributed by atoms with Crippen molar-refractivity contribution in [2.45, 2.75) is 161 Å². The fourth-order valence-corrected chi connectivity index (χ4v) is 6.18. The predicted octanol–water partition coefficient (Wildman–Crippen LogP) is 7.00. The van der Waals surface area contributed by atoms with Gasteiger partial charge < -0.3 is 37.8 Å². The molecule has 332 valence electrons. The van der Waals surface area contributed by atoms with E-state index in [9.17, 15) is 29.1 Å². The van der Waals surface area contributed by atoms with Crippen molar-refractivity contribution in [2.75, 3.05) is 80.8 Å². The lowest BCUT2D eigenvalue weighted by Crippen LogP contribution is -2.47. The van der Waals surface area contributed by atoms with Gasteiger partial charge in [-0.3, -0.25) is 14.4 Å². The number of aliphatic hydroxyl groups excluding tert-OH is 1. The highest BCUT2D eigenvalue weighted by molar-refractivity contribution is 5.71. The Morgan fingerprint density at radius 3 is 1.54 bits per heavy atom. The highest BCUT2D eigenvalue weighted by Crippen LogP contribution is 2.16. The Labute approximate surface area is 345 Å². The molecule has 0 saturated heterocycles. The summed E-state index contributed by atoms with van der Waals surface area (Å²) >= 11 is 0. The number of esters is 5. The summed E-state index contributed by atoms with van der Waals surface area (Å²) in [4.78, 5) is 58.9. The van der Waals surface area contributed by atoms with Crippen LogP contribution in [0.1, 0.15) is 149 Å². The van der Waals surface area contributed by atoms with Gasteiger partial charge in [-0.1, -0.05) is 89.7 Å². The number of rotatable bonds is 37. The number of hydrogen-bond donors (Lipinski definition) is 1. The van der Waals surface area contributed by atoms with Crippen molar-refractivity contribution in [1.29, 1.82) is 0 Å². The molecule has 0 aromatic heterocycles. The van der Waals surface area contributed by atoms with Gasteiger partial charge in [0.05, 0.1) is 47.5 Å². The van der Waals surface area contributed by atoms with Gasteiger partial charge in [0.25, 0.3) is 0 Å². The minimum absolute atomic E-state index is 0.109. The molecular weight excluding hydrogens is 732 g/mol. The van der Waals surface area contributed by atoms with Crippen LogP contribution in [0.15, 0.2) is 12.2 Å². The molecule has 0 radical (unpaired) electrons. The third kappa shape index (κ3) is 35.8. The molecule has 0 heterocycles. The molecule has 1 N–H and O–H groups in total. The van der Waals surface area contributed by atoms with Crippen molar-refractivity contribution in [3.05, 3.63) is 12.2 Å². The second-order valence-electron chi connectivity index (χ2n) is 16.7. The van der Waals surface area contributed by atoms with Crippen molar-refractivity contribution in [3.8, 4) is 0 Å². The molecule has 0 aliphatic heterocycles. The molecule has 0 bridgehead atoms. The zero-order valence-corrected chi connectivity index (χ0v) is 37.0. The first-order chi connectivity index (χ1) is 27.1. The van der Waals surface area contributed by atoms with Gasteiger partial charge in [0.1, 0.15) is 32.4 Å². The van der Waals surface area contributed by atoms with Crippen LogP contribution in [0.3, 0.4) is 0 Å². The summed E-state index contributed by atoms with van der Waals surface area (Å²) in [5.74, 6) is -1.36. The van der Waals surface area contributed by atoms with Crippen LogP contribution in [0.2, 0.25) is 0 Å². The molecule has 0 saturated carbocycles. The van der Waals surface area contributed by atoms with Gasteiger partial charge >= 0.3 is 29.8 Å². The molecule has 0 amide bonds. The first kappa shape index (κ1) is 54.0. The van der Waals surface area contributed by atoms with Crippen LogP contribution in [0, 0.1) is 0 Å². The Kier molecular flexibility index (Phi) is 32.1. The van der Waals surface area contributed by atoms with Gasteiger partial charge in [-0.05, 0) is 51.4 Å². The summed E-state index contributed by atoms with van der Waals surface area (Å²) < 4.78 is 27.3. The molecule has 57 heavy (non-hydrogen) atoms. The number of ether oxygens (including phenoxy) is 5. The number of unbranched alkanes of at least 4 members (excludes halogenated alkanes) is 14. The van der Waals surface area contributed by atoms with Gasteiger partial charge in [0.15, 0.2) is 13.1 Å². The van der Waals surface area contributed by atoms with E-state index < -0.39 is 12.2 Å². The molecule has 2 unspecified atom stereocenters. The lowest BCUT2D eigenvalue weighted by molar-refractivity contribution is -0.883. The van der Waals surface area contributed by atoms with Crippen LogP contribution >= 0.6 is 0 Å². The third-order valence-electron chi connectivity index (χ3n) is 9.78. The lowest BCUT2D eigenvalue weighted by Gasteiger charge is -2.30. The lowest BCUT2D eigenvalue weighted by atomic mass is 10.0. The SMILES string of the molecule is CCCCCC(OC(=O)C[N+](C)(C)CCOC(C)=O)C(O)CC=CCCCCCCCC(=O)OCCCCCCCCCCOC(=O)C[N+](C)(C)CCOC(C)=O. The van der Waals surface area contributed by atoms with Gasteiger partial charge in [0, 0.05) is 20.3 Å². The average Bonchev–Trinajstić information content (AvgIpc) is 3.11. The quantitative estimate of drug-likeness (QED) is 0.0227. The molecule has 0 aliphatic rings. The molecule has 0 aliphatic carbocycles. The fourth-order valence-electron chi connectivity index (χ4n) is 6.18. The minimum Gasteiger partial charge on any atom is -0.466 e. The van der Waals surface area contributed by atoms with Crippen molar-refractivity contribution in [1.82, 2.24) is 0 Å². The topological polar surface area (TPSA) is 152 Å². The van der Waals surface area contributed by atoms with E-state index in [2.05, 4.69) is 13.0 Å². The maximum atomic E-state index is 12.7. The smallest absolute Gasteiger partial charge is 0.362 e. The largest absolute Gasteiger partial charge is 0.466 e. The summed E-state index contributed by atoms with van der Waals surface area (Å²) in [7, 11) is 7.59. The normalized spacial score (nSPS) is 12.9. The van der Waals surface area contributed by atoms with Crippen LogP contribution in [0.4, 0.5) is 0 Å². The summed E-state index contributed by atoms with van der Waals surface area (Å²) in [6.07, 6.45) is 21.5. The maximum absolute atomic E-state index is 12.7. The zero-order valence-electron chi connectivity index (χ0n) is 37.0. The Hall–Kier alpha value is -3.03. The average molecular weight is 815 g/mol. The molecule has 0 rings (SSSR count). The number of carbonyl (C=O) groups is 5. The Bertz CT molecular complexity index is 1130. The fraction of sp³-hybridized carbons (Fsp3) is 0.841. The maximum Gasteiger partial charge on any atom is 0.362 e. The van der Waals surface area contributed by atoms with Crippen molar-refractivity contribution in [2.24, 2.45) is 0 Å². The van der Waals surface area contributed by atoms with E-state index in [0.717, 1.165) is 109 Å². The zero-order chi connectivity index (χ0) is 42.8. The summed E-state index contributed by atoms with van der Waals surface area (Å²) in [5, 5.41) is 10.9.